The average molecular weight is 338 g/mol. The summed E-state index contributed by atoms with van der Waals surface area (Å²) >= 11 is 6.06. The Morgan fingerprint density at radius 2 is 1.42 bits per heavy atom. The van der Waals surface area contributed by atoms with Crippen LogP contribution in [0.4, 0.5) is 0 Å². The molecule has 0 unspecified atom stereocenters. The zero-order chi connectivity index (χ0) is 16.8. The quantitative estimate of drug-likeness (QED) is 0.670. The summed E-state index contributed by atoms with van der Waals surface area (Å²) in [6, 6.07) is 27.3. The molecule has 122 valence electrons. The van der Waals surface area contributed by atoms with Gasteiger partial charge in [-0.3, -0.25) is 0 Å². The van der Waals surface area contributed by atoms with Gasteiger partial charge in [-0.2, -0.15) is 0 Å². The van der Waals surface area contributed by atoms with Crippen LogP contribution in [-0.4, -0.2) is 5.11 Å². The molecule has 0 heterocycles. The molecule has 0 fully saturated rings. The van der Waals surface area contributed by atoms with Crippen LogP contribution in [0.15, 0.2) is 84.9 Å². The zero-order valence-electron chi connectivity index (χ0n) is 13.3. The van der Waals surface area contributed by atoms with Gasteiger partial charge in [0, 0.05) is 11.6 Å². The fraction of sp³-hybridized carbons (Fsp3) is 0.143. The third kappa shape index (κ3) is 4.24. The van der Waals surface area contributed by atoms with Gasteiger partial charge in [-0.25, -0.2) is 0 Å². The Kier molecular flexibility index (Phi) is 5.65. The second-order valence-corrected chi connectivity index (χ2v) is 6.19. The van der Waals surface area contributed by atoms with Crippen molar-refractivity contribution >= 4 is 11.6 Å². The summed E-state index contributed by atoms with van der Waals surface area (Å²) in [5.74, 6) is 0. The Morgan fingerprint density at radius 1 is 0.792 bits per heavy atom. The first-order valence-corrected chi connectivity index (χ1v) is 8.37. The molecule has 0 aliphatic rings. The summed E-state index contributed by atoms with van der Waals surface area (Å²) in [4.78, 5) is 0. The molecule has 3 heteroatoms. The van der Waals surface area contributed by atoms with Crippen molar-refractivity contribution in [3.05, 3.63) is 107 Å². The summed E-state index contributed by atoms with van der Waals surface area (Å²) in [6.07, 6.45) is -0.632. The number of halogens is 1. The van der Waals surface area contributed by atoms with Crippen LogP contribution in [0.1, 0.15) is 28.8 Å². The second-order valence-electron chi connectivity index (χ2n) is 5.75. The summed E-state index contributed by atoms with van der Waals surface area (Å²) < 4.78 is 0. The smallest absolute Gasteiger partial charge is 0.0984 e. The lowest BCUT2D eigenvalue weighted by molar-refractivity contribution is 0.127. The number of nitrogens with one attached hydrogen (secondary N) is 1. The Morgan fingerprint density at radius 3 is 2.04 bits per heavy atom. The van der Waals surface area contributed by atoms with E-state index in [1.54, 1.807) is 0 Å². The lowest BCUT2D eigenvalue weighted by atomic mass is 9.95. The van der Waals surface area contributed by atoms with Crippen LogP contribution < -0.4 is 5.32 Å². The number of aliphatic hydroxyl groups excluding tert-OH is 1. The average Bonchev–Trinajstić information content (AvgIpc) is 2.63. The second kappa shape index (κ2) is 8.11. The topological polar surface area (TPSA) is 32.3 Å². The van der Waals surface area contributed by atoms with Crippen LogP contribution in [0.25, 0.3) is 0 Å². The molecule has 0 radical (unpaired) electrons. The summed E-state index contributed by atoms with van der Waals surface area (Å²) in [5.41, 5.74) is 3.03. The highest BCUT2D eigenvalue weighted by Gasteiger charge is 2.22. The first kappa shape index (κ1) is 16.7. The van der Waals surface area contributed by atoms with Gasteiger partial charge in [0.15, 0.2) is 0 Å². The molecule has 2 N–H and O–H groups in total. The molecule has 0 aliphatic carbocycles. The van der Waals surface area contributed by atoms with Gasteiger partial charge < -0.3 is 10.4 Å². The van der Waals surface area contributed by atoms with Crippen LogP contribution in [0.2, 0.25) is 5.02 Å². The molecule has 24 heavy (non-hydrogen) atoms. The zero-order valence-corrected chi connectivity index (χ0v) is 14.0. The standard InChI is InChI=1S/C21H20ClNO/c22-19-13-7-8-16(14-19)15-23-20(17-9-3-1-4-10-17)21(24)18-11-5-2-6-12-18/h1-14,20-21,23-24H,15H2/t20-,21+/m0/s1. The van der Waals surface area contributed by atoms with Crippen molar-refractivity contribution in [2.45, 2.75) is 18.7 Å². The minimum Gasteiger partial charge on any atom is -0.386 e. The molecule has 0 aromatic heterocycles. The van der Waals surface area contributed by atoms with Crippen molar-refractivity contribution in [1.29, 1.82) is 0 Å². The number of hydrogen-bond donors (Lipinski definition) is 2. The first-order chi connectivity index (χ1) is 11.7. The van der Waals surface area contributed by atoms with E-state index in [0.29, 0.717) is 11.6 Å². The van der Waals surface area contributed by atoms with Crippen LogP contribution >= 0.6 is 11.6 Å². The molecule has 2 atom stereocenters. The van der Waals surface area contributed by atoms with Gasteiger partial charge in [-0.1, -0.05) is 84.4 Å². The van der Waals surface area contributed by atoms with E-state index in [-0.39, 0.29) is 6.04 Å². The van der Waals surface area contributed by atoms with Gasteiger partial charge in [0.2, 0.25) is 0 Å². The third-order valence-corrected chi connectivity index (χ3v) is 4.27. The highest BCUT2D eigenvalue weighted by Crippen LogP contribution is 2.29. The van der Waals surface area contributed by atoms with Crippen molar-refractivity contribution in [3.8, 4) is 0 Å². The van der Waals surface area contributed by atoms with Gasteiger partial charge in [-0.15, -0.1) is 0 Å². The van der Waals surface area contributed by atoms with E-state index in [4.69, 9.17) is 11.6 Å². The van der Waals surface area contributed by atoms with E-state index in [9.17, 15) is 5.11 Å². The summed E-state index contributed by atoms with van der Waals surface area (Å²) in [7, 11) is 0. The van der Waals surface area contributed by atoms with E-state index in [1.807, 2.05) is 84.9 Å². The molecule has 0 spiro atoms. The number of benzene rings is 3. The maximum Gasteiger partial charge on any atom is 0.0984 e. The van der Waals surface area contributed by atoms with E-state index in [0.717, 1.165) is 16.7 Å². The molecular formula is C21H20ClNO. The van der Waals surface area contributed by atoms with Crippen LogP contribution in [-0.2, 0) is 6.54 Å². The lowest BCUT2D eigenvalue weighted by Crippen LogP contribution is -2.27. The Hall–Kier alpha value is -2.13. The molecule has 0 aliphatic heterocycles. The largest absolute Gasteiger partial charge is 0.386 e. The molecule has 0 bridgehead atoms. The van der Waals surface area contributed by atoms with E-state index >= 15 is 0 Å². The molecule has 0 amide bonds. The molecular weight excluding hydrogens is 318 g/mol. The predicted octanol–water partition coefficient (Wildman–Crippen LogP) is 4.90. The molecule has 3 aromatic carbocycles. The van der Waals surface area contributed by atoms with Gasteiger partial charge >= 0.3 is 0 Å². The van der Waals surface area contributed by atoms with Crippen molar-refractivity contribution in [1.82, 2.24) is 5.32 Å². The van der Waals surface area contributed by atoms with Gasteiger partial charge in [0.25, 0.3) is 0 Å². The number of hydrogen-bond acceptors (Lipinski definition) is 2. The normalized spacial score (nSPS) is 13.4. The van der Waals surface area contributed by atoms with Crippen molar-refractivity contribution in [2.75, 3.05) is 0 Å². The molecule has 3 rings (SSSR count). The SMILES string of the molecule is O[C@H](c1ccccc1)[C@@H](NCc1cccc(Cl)c1)c1ccccc1. The predicted molar refractivity (Wildman–Crippen MR) is 98.9 cm³/mol. The monoisotopic (exact) mass is 337 g/mol. The molecule has 0 saturated carbocycles. The molecule has 0 saturated heterocycles. The molecule has 2 nitrogen and oxygen atoms in total. The van der Waals surface area contributed by atoms with Crippen molar-refractivity contribution < 1.29 is 5.11 Å². The third-order valence-electron chi connectivity index (χ3n) is 4.03. The van der Waals surface area contributed by atoms with Crippen LogP contribution in [0, 0.1) is 0 Å². The van der Waals surface area contributed by atoms with Crippen molar-refractivity contribution in [3.63, 3.8) is 0 Å². The van der Waals surface area contributed by atoms with E-state index in [1.165, 1.54) is 0 Å². The van der Waals surface area contributed by atoms with Gasteiger partial charge in [0.05, 0.1) is 12.1 Å². The maximum atomic E-state index is 10.9. The van der Waals surface area contributed by atoms with Gasteiger partial charge in [-0.05, 0) is 28.8 Å². The molecule has 3 aromatic rings. The first-order valence-electron chi connectivity index (χ1n) is 8.00. The fourth-order valence-corrected chi connectivity index (χ4v) is 3.00. The Balaban J connectivity index is 1.82. The summed E-state index contributed by atoms with van der Waals surface area (Å²) in [6.45, 7) is 0.629. The Bertz CT molecular complexity index is 761. The van der Waals surface area contributed by atoms with E-state index < -0.39 is 6.10 Å². The Labute approximate surface area is 147 Å². The minimum atomic E-state index is -0.632. The fourth-order valence-electron chi connectivity index (χ4n) is 2.79. The number of rotatable bonds is 6. The lowest BCUT2D eigenvalue weighted by Gasteiger charge is -2.25. The number of aliphatic hydroxyl groups is 1. The highest BCUT2D eigenvalue weighted by atomic mass is 35.5. The van der Waals surface area contributed by atoms with E-state index in [2.05, 4.69) is 5.32 Å². The highest BCUT2D eigenvalue weighted by molar-refractivity contribution is 6.30. The minimum absolute atomic E-state index is 0.201. The van der Waals surface area contributed by atoms with Crippen LogP contribution in [0.3, 0.4) is 0 Å². The maximum absolute atomic E-state index is 10.9. The van der Waals surface area contributed by atoms with Gasteiger partial charge in [0.1, 0.15) is 0 Å². The van der Waals surface area contributed by atoms with Crippen molar-refractivity contribution in [2.24, 2.45) is 0 Å². The van der Waals surface area contributed by atoms with Crippen LogP contribution in [0.5, 0.6) is 0 Å². The summed E-state index contributed by atoms with van der Waals surface area (Å²) in [5, 5.41) is 15.1.